The molecule has 3 aromatic heterocycles. The first-order chi connectivity index (χ1) is 14.1. The van der Waals surface area contributed by atoms with Crippen molar-refractivity contribution in [2.75, 3.05) is 0 Å². The second-order valence-corrected chi connectivity index (χ2v) is 8.06. The van der Waals surface area contributed by atoms with Gasteiger partial charge in [0.05, 0.1) is 0 Å². The van der Waals surface area contributed by atoms with Crippen LogP contribution in [0.5, 0.6) is 0 Å². The van der Waals surface area contributed by atoms with Crippen LogP contribution in [0.25, 0.3) is 0 Å². The molecule has 0 amide bonds. The number of hydrogen-bond donors (Lipinski definition) is 3. The van der Waals surface area contributed by atoms with Gasteiger partial charge in [-0.3, -0.25) is 0 Å². The van der Waals surface area contributed by atoms with Crippen molar-refractivity contribution in [2.24, 2.45) is 0 Å². The third-order valence-electron chi connectivity index (χ3n) is 6.62. The van der Waals surface area contributed by atoms with Gasteiger partial charge >= 0.3 is 0 Å². The fourth-order valence-electron chi connectivity index (χ4n) is 5.12. The van der Waals surface area contributed by atoms with Crippen LogP contribution in [0, 0.1) is 0 Å². The van der Waals surface area contributed by atoms with E-state index in [1.165, 1.54) is 56.2 Å². The second-order valence-electron chi connectivity index (χ2n) is 8.06. The molecule has 0 atom stereocenters. The third kappa shape index (κ3) is 4.10. The van der Waals surface area contributed by atoms with E-state index in [1.54, 1.807) is 0 Å². The smallest absolute Gasteiger partial charge is 0.0284 e. The lowest BCUT2D eigenvalue weighted by atomic mass is 9.97. The number of nitrogens with one attached hydrogen (secondary N) is 3. The van der Waals surface area contributed by atoms with Gasteiger partial charge in [-0.1, -0.05) is 41.5 Å². The van der Waals surface area contributed by atoms with Crippen molar-refractivity contribution in [1.82, 2.24) is 15.0 Å². The minimum Gasteiger partial charge on any atom is -0.364 e. The van der Waals surface area contributed by atoms with Gasteiger partial charge in [-0.25, -0.2) is 0 Å². The molecule has 29 heavy (non-hydrogen) atoms. The highest BCUT2D eigenvalue weighted by Crippen LogP contribution is 2.28. The Morgan fingerprint density at radius 3 is 1.17 bits per heavy atom. The number of aryl methyl sites for hydroxylation is 2. The Labute approximate surface area is 176 Å². The molecular weight excluding hydrogens is 354 g/mol. The first-order valence-electron chi connectivity index (χ1n) is 11.7. The fraction of sp³-hybridized carbons (Fsp3) is 0.538. The summed E-state index contributed by atoms with van der Waals surface area (Å²) in [6.07, 6.45) is 12.9. The first-order valence-corrected chi connectivity index (χ1v) is 11.7. The zero-order chi connectivity index (χ0) is 21.0. The topological polar surface area (TPSA) is 47.4 Å². The highest BCUT2D eigenvalue weighted by molar-refractivity contribution is 5.44. The van der Waals surface area contributed by atoms with Gasteiger partial charge < -0.3 is 15.0 Å². The molecule has 0 radical (unpaired) electrons. The van der Waals surface area contributed by atoms with Crippen LogP contribution < -0.4 is 0 Å². The summed E-state index contributed by atoms with van der Waals surface area (Å²) < 4.78 is 0. The predicted octanol–water partition coefficient (Wildman–Crippen LogP) is 6.23. The fourth-order valence-corrected chi connectivity index (χ4v) is 5.12. The minimum absolute atomic E-state index is 0.977. The molecule has 0 aromatic carbocycles. The quantitative estimate of drug-likeness (QED) is 0.366. The summed E-state index contributed by atoms with van der Waals surface area (Å²) in [6.45, 7) is 13.6. The monoisotopic (exact) mass is 393 g/mol. The van der Waals surface area contributed by atoms with Gasteiger partial charge in [0.15, 0.2) is 0 Å². The molecular formula is C26H39N3. The van der Waals surface area contributed by atoms with Gasteiger partial charge in [0, 0.05) is 48.0 Å². The maximum absolute atomic E-state index is 3.87. The summed E-state index contributed by atoms with van der Waals surface area (Å²) >= 11 is 0. The molecule has 3 heterocycles. The maximum atomic E-state index is 3.87. The van der Waals surface area contributed by atoms with Crippen LogP contribution in [-0.2, 0) is 51.4 Å². The second kappa shape index (κ2) is 9.56. The largest absolute Gasteiger partial charge is 0.364 e. The van der Waals surface area contributed by atoms with Gasteiger partial charge in [0.1, 0.15) is 0 Å². The van der Waals surface area contributed by atoms with E-state index in [0.29, 0.717) is 0 Å². The van der Waals surface area contributed by atoms with Crippen molar-refractivity contribution in [3.8, 4) is 0 Å². The normalized spacial score (nSPS) is 11.5. The van der Waals surface area contributed by atoms with Gasteiger partial charge in [-0.05, 0) is 71.9 Å². The van der Waals surface area contributed by atoms with E-state index in [2.05, 4.69) is 68.9 Å². The molecule has 0 aliphatic carbocycles. The summed E-state index contributed by atoms with van der Waals surface area (Å²) in [4.78, 5) is 11.0. The van der Waals surface area contributed by atoms with Crippen LogP contribution in [0.3, 0.4) is 0 Å². The predicted molar refractivity (Wildman–Crippen MR) is 124 cm³/mol. The van der Waals surface area contributed by atoms with Crippen molar-refractivity contribution in [2.45, 2.75) is 92.9 Å². The van der Waals surface area contributed by atoms with Crippen molar-refractivity contribution in [3.63, 3.8) is 0 Å². The van der Waals surface area contributed by atoms with Crippen molar-refractivity contribution in [3.05, 3.63) is 68.6 Å². The average molecular weight is 394 g/mol. The number of H-pyrrole nitrogens is 3. The lowest BCUT2D eigenvalue weighted by Gasteiger charge is -2.07. The maximum Gasteiger partial charge on any atom is 0.0284 e. The van der Waals surface area contributed by atoms with Gasteiger partial charge in [-0.15, -0.1) is 0 Å². The Bertz CT molecular complexity index is 861. The highest BCUT2D eigenvalue weighted by Gasteiger charge is 2.19. The zero-order valence-electron chi connectivity index (χ0n) is 19.3. The number of rotatable bonds is 10. The minimum atomic E-state index is 0.977. The lowest BCUT2D eigenvalue weighted by Crippen LogP contribution is -1.99. The van der Waals surface area contributed by atoms with Crippen LogP contribution in [0.1, 0.15) is 97.7 Å². The highest BCUT2D eigenvalue weighted by atomic mass is 14.8. The summed E-state index contributed by atoms with van der Waals surface area (Å²) in [5.41, 5.74) is 14.6. The Morgan fingerprint density at radius 2 is 0.862 bits per heavy atom. The SMILES string of the molecule is CCc1c[nH]c(Cc2[nH]c(Cc3[nH]cc(CC)c3CC)c(CC)c2CC)c1CC. The molecule has 3 N–H and O–H groups in total. The van der Waals surface area contributed by atoms with Gasteiger partial charge in [0.25, 0.3) is 0 Å². The van der Waals surface area contributed by atoms with Crippen molar-refractivity contribution < 1.29 is 0 Å². The van der Waals surface area contributed by atoms with Crippen LogP contribution in [-0.4, -0.2) is 15.0 Å². The van der Waals surface area contributed by atoms with Crippen molar-refractivity contribution in [1.29, 1.82) is 0 Å². The van der Waals surface area contributed by atoms with E-state index in [1.807, 2.05) is 0 Å². The Morgan fingerprint density at radius 1 is 0.483 bits per heavy atom. The molecule has 0 saturated heterocycles. The molecule has 158 valence electrons. The molecule has 0 aliphatic rings. The molecule has 0 fully saturated rings. The Kier molecular flexibility index (Phi) is 7.10. The number of aromatic nitrogens is 3. The summed E-state index contributed by atoms with van der Waals surface area (Å²) in [5, 5.41) is 0. The van der Waals surface area contributed by atoms with E-state index in [4.69, 9.17) is 0 Å². The zero-order valence-corrected chi connectivity index (χ0v) is 19.3. The van der Waals surface area contributed by atoms with Crippen LogP contribution in [0.4, 0.5) is 0 Å². The average Bonchev–Trinajstić information content (AvgIpc) is 3.42. The molecule has 0 saturated carbocycles. The van der Waals surface area contributed by atoms with Gasteiger partial charge in [0.2, 0.25) is 0 Å². The molecule has 0 aliphatic heterocycles. The first kappa shape index (κ1) is 21.5. The Hall–Kier alpha value is -2.16. The van der Waals surface area contributed by atoms with E-state index in [-0.39, 0.29) is 0 Å². The molecule has 3 heteroatoms. The molecule has 3 nitrogen and oxygen atoms in total. The number of aromatic amines is 3. The van der Waals surface area contributed by atoms with E-state index in [0.717, 1.165) is 51.4 Å². The van der Waals surface area contributed by atoms with Crippen molar-refractivity contribution >= 4 is 0 Å². The van der Waals surface area contributed by atoms with Gasteiger partial charge in [-0.2, -0.15) is 0 Å². The lowest BCUT2D eigenvalue weighted by molar-refractivity contribution is 0.940. The molecule has 0 bridgehead atoms. The summed E-state index contributed by atoms with van der Waals surface area (Å²) in [7, 11) is 0. The number of hydrogen-bond acceptors (Lipinski definition) is 0. The molecule has 3 rings (SSSR count). The van der Waals surface area contributed by atoms with E-state index in [9.17, 15) is 0 Å². The molecule has 0 spiro atoms. The Balaban J connectivity index is 1.97. The van der Waals surface area contributed by atoms with Crippen LogP contribution in [0.15, 0.2) is 12.4 Å². The van der Waals surface area contributed by atoms with Crippen LogP contribution >= 0.6 is 0 Å². The summed E-state index contributed by atoms with van der Waals surface area (Å²) in [5.74, 6) is 0. The summed E-state index contributed by atoms with van der Waals surface area (Å²) in [6, 6.07) is 0. The molecule has 3 aromatic rings. The van der Waals surface area contributed by atoms with E-state index < -0.39 is 0 Å². The van der Waals surface area contributed by atoms with Crippen LogP contribution in [0.2, 0.25) is 0 Å². The third-order valence-corrected chi connectivity index (χ3v) is 6.62. The standard InChI is InChI=1S/C26H39N3/c1-7-17-15-27-23(19(17)9-3)13-25-21(11-5)22(12-6)26(29-25)14-24-20(10-4)18(8-2)16-28-24/h15-16,27-29H,7-14H2,1-6H3. The molecule has 0 unspecified atom stereocenters. The van der Waals surface area contributed by atoms with E-state index >= 15 is 0 Å².